The summed E-state index contributed by atoms with van der Waals surface area (Å²) in [5, 5.41) is 12.5. The molecule has 0 amide bonds. The summed E-state index contributed by atoms with van der Waals surface area (Å²) in [5.74, 6) is 1.02. The van der Waals surface area contributed by atoms with Gasteiger partial charge in [0.15, 0.2) is 0 Å². The van der Waals surface area contributed by atoms with Gasteiger partial charge in [0.05, 0.1) is 6.10 Å². The number of hydrogen-bond acceptors (Lipinski definition) is 1. The van der Waals surface area contributed by atoms with Crippen LogP contribution in [0.1, 0.15) is 71.8 Å². The molecular formula is C28H39NO. The number of fused-ring (bicyclic) bond motifs is 2. The first-order valence-electron chi connectivity index (χ1n) is 11.8. The van der Waals surface area contributed by atoms with E-state index in [1.54, 1.807) is 0 Å². The summed E-state index contributed by atoms with van der Waals surface area (Å²) < 4.78 is 0. The van der Waals surface area contributed by atoms with Crippen molar-refractivity contribution in [2.24, 2.45) is 22.7 Å². The Kier molecular flexibility index (Phi) is 5.74. The van der Waals surface area contributed by atoms with Gasteiger partial charge in [-0.25, -0.2) is 0 Å². The lowest BCUT2D eigenvalue weighted by atomic mass is 9.45. The Morgan fingerprint density at radius 2 is 2.00 bits per heavy atom. The third-order valence-corrected chi connectivity index (χ3v) is 8.69. The fraction of sp³-hybridized carbons (Fsp3) is 0.571. The van der Waals surface area contributed by atoms with E-state index in [0.29, 0.717) is 11.8 Å². The summed E-state index contributed by atoms with van der Waals surface area (Å²) in [4.78, 5) is 3.46. The topological polar surface area (TPSA) is 36.0 Å². The maximum atomic E-state index is 11.1. The summed E-state index contributed by atoms with van der Waals surface area (Å²) >= 11 is 0. The van der Waals surface area contributed by atoms with Crippen LogP contribution in [0, 0.1) is 22.7 Å². The molecule has 30 heavy (non-hydrogen) atoms. The van der Waals surface area contributed by atoms with Gasteiger partial charge in [-0.3, -0.25) is 0 Å². The van der Waals surface area contributed by atoms with E-state index in [1.807, 2.05) is 0 Å². The van der Waals surface area contributed by atoms with Crippen molar-refractivity contribution in [1.29, 1.82) is 0 Å². The quantitative estimate of drug-likeness (QED) is 0.507. The molecule has 2 aliphatic carbocycles. The molecule has 1 aromatic heterocycles. The molecule has 2 heteroatoms. The van der Waals surface area contributed by atoms with E-state index in [9.17, 15) is 5.11 Å². The van der Waals surface area contributed by atoms with Gasteiger partial charge in [-0.15, -0.1) is 0 Å². The number of benzene rings is 1. The van der Waals surface area contributed by atoms with Crippen LogP contribution in [0.3, 0.4) is 0 Å². The molecule has 1 heterocycles. The van der Waals surface area contributed by atoms with Crippen LogP contribution in [-0.4, -0.2) is 16.2 Å². The number of aromatic amines is 1. The van der Waals surface area contributed by atoms with Gasteiger partial charge in [0, 0.05) is 17.1 Å². The molecule has 2 N–H and O–H groups in total. The number of H-pyrrole nitrogens is 1. The fourth-order valence-corrected chi connectivity index (χ4v) is 6.89. The van der Waals surface area contributed by atoms with Crippen molar-refractivity contribution in [1.82, 2.24) is 4.98 Å². The van der Waals surface area contributed by atoms with Crippen LogP contribution in [0.5, 0.6) is 0 Å². The van der Waals surface area contributed by atoms with Gasteiger partial charge in [0.25, 0.3) is 0 Å². The van der Waals surface area contributed by atoms with E-state index in [-0.39, 0.29) is 16.9 Å². The number of nitrogens with one attached hydrogen (secondary N) is 1. The second-order valence-corrected chi connectivity index (χ2v) is 10.8. The van der Waals surface area contributed by atoms with Gasteiger partial charge >= 0.3 is 0 Å². The number of allylic oxidation sites excluding steroid dienone is 3. The first-order chi connectivity index (χ1) is 14.3. The first kappa shape index (κ1) is 21.4. The van der Waals surface area contributed by atoms with E-state index in [4.69, 9.17) is 0 Å². The Hall–Kier alpha value is -1.80. The van der Waals surface area contributed by atoms with Crippen LogP contribution >= 0.6 is 0 Å². The lowest BCUT2D eigenvalue weighted by Crippen LogP contribution is -2.56. The summed E-state index contributed by atoms with van der Waals surface area (Å²) in [5.41, 5.74) is 5.62. The van der Waals surface area contributed by atoms with Crippen LogP contribution in [0.15, 0.2) is 54.3 Å². The SMILES string of the molecule is C=C1CCC2[C@](C)(CCC=C(C)C)[C@@H](O)CC[C@]2(C)[C@H]1Cc1c[nH]c2ccccc12. The predicted octanol–water partition coefficient (Wildman–Crippen LogP) is 7.21. The maximum absolute atomic E-state index is 11.1. The fourth-order valence-electron chi connectivity index (χ4n) is 6.89. The van der Waals surface area contributed by atoms with Gasteiger partial charge in [-0.1, -0.05) is 55.8 Å². The van der Waals surface area contributed by atoms with Gasteiger partial charge < -0.3 is 10.1 Å². The summed E-state index contributed by atoms with van der Waals surface area (Å²) in [6.07, 6.45) is 11.8. The minimum atomic E-state index is -0.193. The van der Waals surface area contributed by atoms with Gasteiger partial charge in [0.1, 0.15) is 0 Å². The van der Waals surface area contributed by atoms with Crippen LogP contribution in [0.2, 0.25) is 0 Å². The van der Waals surface area contributed by atoms with Crippen molar-refractivity contribution in [3.8, 4) is 0 Å². The normalized spacial score (nSPS) is 34.0. The highest BCUT2D eigenvalue weighted by molar-refractivity contribution is 5.83. The second kappa shape index (κ2) is 8.04. The molecule has 0 saturated heterocycles. The molecule has 1 unspecified atom stereocenters. The highest BCUT2D eigenvalue weighted by atomic mass is 16.3. The second-order valence-electron chi connectivity index (χ2n) is 10.8. The van der Waals surface area contributed by atoms with Gasteiger partial charge in [-0.2, -0.15) is 0 Å². The number of rotatable bonds is 5. The number of para-hydroxylation sites is 1. The molecule has 2 nitrogen and oxygen atoms in total. The van der Waals surface area contributed by atoms with E-state index >= 15 is 0 Å². The van der Waals surface area contributed by atoms with Crippen LogP contribution in [0.4, 0.5) is 0 Å². The van der Waals surface area contributed by atoms with Crippen molar-refractivity contribution in [2.45, 2.75) is 78.7 Å². The average molecular weight is 406 g/mol. The van der Waals surface area contributed by atoms with Crippen molar-refractivity contribution in [2.75, 3.05) is 0 Å². The molecule has 4 rings (SSSR count). The number of aliphatic hydroxyl groups excluding tert-OH is 1. The summed E-state index contributed by atoms with van der Waals surface area (Å²) in [7, 11) is 0. The molecule has 162 valence electrons. The van der Waals surface area contributed by atoms with Crippen molar-refractivity contribution >= 4 is 10.9 Å². The molecule has 2 saturated carbocycles. The summed E-state index contributed by atoms with van der Waals surface area (Å²) in [6.45, 7) is 13.8. The van der Waals surface area contributed by atoms with Crippen molar-refractivity contribution in [3.05, 3.63) is 59.8 Å². The zero-order valence-electron chi connectivity index (χ0n) is 19.3. The van der Waals surface area contributed by atoms with Crippen molar-refractivity contribution in [3.63, 3.8) is 0 Å². The van der Waals surface area contributed by atoms with E-state index < -0.39 is 0 Å². The Morgan fingerprint density at radius 3 is 2.77 bits per heavy atom. The predicted molar refractivity (Wildman–Crippen MR) is 127 cm³/mol. The Morgan fingerprint density at radius 1 is 1.23 bits per heavy atom. The third kappa shape index (κ3) is 3.58. The minimum Gasteiger partial charge on any atom is -0.393 e. The molecule has 0 spiro atoms. The maximum Gasteiger partial charge on any atom is 0.0597 e. The largest absolute Gasteiger partial charge is 0.393 e. The third-order valence-electron chi connectivity index (χ3n) is 8.69. The van der Waals surface area contributed by atoms with Gasteiger partial charge in [-0.05, 0) is 93.1 Å². The molecule has 0 radical (unpaired) electrons. The van der Waals surface area contributed by atoms with Crippen LogP contribution in [0.25, 0.3) is 10.9 Å². The van der Waals surface area contributed by atoms with E-state index in [1.165, 1.54) is 34.0 Å². The highest BCUT2D eigenvalue weighted by Crippen LogP contribution is 2.62. The molecule has 5 atom stereocenters. The standard InChI is InChI=1S/C28H39NO/c1-19(2)9-8-15-28(5)25-13-12-20(3)23(27(25,4)16-14-26(28)30)17-21-18-29-24-11-7-6-10-22(21)24/h6-7,9-11,18,23,25-26,29-30H,3,8,12-17H2,1-2,4-5H3/t23-,25?,26-,27+,28-/m0/s1. The molecule has 2 aromatic rings. The zero-order chi connectivity index (χ0) is 21.5. The number of aromatic nitrogens is 1. The smallest absolute Gasteiger partial charge is 0.0597 e. The Balaban J connectivity index is 1.65. The minimum absolute atomic E-state index is 0.0158. The van der Waals surface area contributed by atoms with E-state index in [0.717, 1.165) is 38.5 Å². The molecule has 2 aliphatic rings. The molecule has 0 aliphatic heterocycles. The monoisotopic (exact) mass is 405 g/mol. The number of hydrogen-bond donors (Lipinski definition) is 2. The molecule has 2 fully saturated rings. The number of aliphatic hydroxyl groups is 1. The van der Waals surface area contributed by atoms with Gasteiger partial charge in [0.2, 0.25) is 0 Å². The van der Waals surface area contributed by atoms with E-state index in [2.05, 4.69) is 75.8 Å². The first-order valence-corrected chi connectivity index (χ1v) is 11.8. The Labute approximate surface area is 182 Å². The lowest BCUT2D eigenvalue weighted by molar-refractivity contribution is -0.136. The van der Waals surface area contributed by atoms with Crippen LogP contribution < -0.4 is 0 Å². The molecule has 1 aromatic carbocycles. The molecule has 0 bridgehead atoms. The average Bonchev–Trinajstić information content (AvgIpc) is 3.11. The van der Waals surface area contributed by atoms with Crippen LogP contribution in [-0.2, 0) is 6.42 Å². The highest BCUT2D eigenvalue weighted by Gasteiger charge is 2.57. The lowest BCUT2D eigenvalue weighted by Gasteiger charge is -2.60. The zero-order valence-corrected chi connectivity index (χ0v) is 19.3. The Bertz CT molecular complexity index is 948. The summed E-state index contributed by atoms with van der Waals surface area (Å²) in [6, 6.07) is 8.63. The molecular weight excluding hydrogens is 366 g/mol. The van der Waals surface area contributed by atoms with Crippen molar-refractivity contribution < 1.29 is 5.11 Å².